The lowest BCUT2D eigenvalue weighted by Gasteiger charge is -2.29. The van der Waals surface area contributed by atoms with Crippen LogP contribution in [-0.4, -0.2) is 49.4 Å². The number of aromatic nitrogens is 1. The Hall–Kier alpha value is -3.00. The van der Waals surface area contributed by atoms with E-state index in [0.29, 0.717) is 30.4 Å². The molecule has 1 aliphatic carbocycles. The standard InChI is InChI=1S/C26H32N4O3S/c1-17(31)18-7-8-22(23(27)14-18)25-15-19-13-21(30-9-11-34(32,33)12-10-30)16-24(26(19)29(25)2)28-20-5-3-4-6-20/h7-8,13-16,20,28H,3-6,9-12,27H2,1-2H3. The first-order valence-corrected chi connectivity index (χ1v) is 13.8. The number of anilines is 3. The number of hydrogen-bond donors (Lipinski definition) is 2. The zero-order valence-electron chi connectivity index (χ0n) is 19.8. The molecular weight excluding hydrogens is 448 g/mol. The number of benzene rings is 2. The SMILES string of the molecule is CC(=O)c1ccc(-c2cc3cc(N4CCS(=O)(=O)CC4)cc(NC4CCCC4)c3n2C)c(N)c1. The van der Waals surface area contributed by atoms with Gasteiger partial charge in [0, 0.05) is 54.1 Å². The summed E-state index contributed by atoms with van der Waals surface area (Å²) < 4.78 is 26.1. The van der Waals surface area contributed by atoms with Crippen LogP contribution in [0.15, 0.2) is 36.4 Å². The Morgan fingerprint density at radius 2 is 1.76 bits per heavy atom. The summed E-state index contributed by atoms with van der Waals surface area (Å²) in [6.45, 7) is 2.56. The zero-order chi connectivity index (χ0) is 24.0. The largest absolute Gasteiger partial charge is 0.398 e. The highest BCUT2D eigenvalue weighted by atomic mass is 32.2. The van der Waals surface area contributed by atoms with Crippen LogP contribution in [0, 0.1) is 0 Å². The molecule has 2 aliphatic rings. The van der Waals surface area contributed by atoms with Crippen molar-refractivity contribution in [1.82, 2.24) is 4.57 Å². The van der Waals surface area contributed by atoms with Gasteiger partial charge in [-0.05, 0) is 44.0 Å². The van der Waals surface area contributed by atoms with Crippen LogP contribution in [0.1, 0.15) is 43.0 Å². The molecule has 2 fully saturated rings. The highest BCUT2D eigenvalue weighted by Gasteiger charge is 2.24. The predicted octanol–water partition coefficient (Wildman–Crippen LogP) is 4.22. The number of sulfone groups is 1. The topological polar surface area (TPSA) is 97.4 Å². The fourth-order valence-electron chi connectivity index (χ4n) is 5.32. The first-order valence-electron chi connectivity index (χ1n) is 12.0. The molecule has 3 aromatic rings. The smallest absolute Gasteiger partial charge is 0.159 e. The molecule has 5 rings (SSSR count). The molecular formula is C26H32N4O3S. The number of nitrogens with two attached hydrogens (primary N) is 1. The second-order valence-electron chi connectivity index (χ2n) is 9.64. The minimum Gasteiger partial charge on any atom is -0.398 e. The van der Waals surface area contributed by atoms with Crippen LogP contribution in [0.25, 0.3) is 22.2 Å². The molecule has 0 unspecified atom stereocenters. The van der Waals surface area contributed by atoms with Crippen molar-refractivity contribution in [3.05, 3.63) is 42.0 Å². The van der Waals surface area contributed by atoms with Crippen LogP contribution < -0.4 is 16.0 Å². The van der Waals surface area contributed by atoms with Crippen LogP contribution in [-0.2, 0) is 16.9 Å². The molecule has 2 heterocycles. The number of fused-ring (bicyclic) bond motifs is 1. The fourth-order valence-corrected chi connectivity index (χ4v) is 6.52. The molecule has 3 N–H and O–H groups in total. The van der Waals surface area contributed by atoms with Crippen molar-refractivity contribution >= 4 is 43.6 Å². The molecule has 1 aromatic heterocycles. The van der Waals surface area contributed by atoms with Crippen LogP contribution in [0.5, 0.6) is 0 Å². The highest BCUT2D eigenvalue weighted by molar-refractivity contribution is 7.91. The van der Waals surface area contributed by atoms with Gasteiger partial charge >= 0.3 is 0 Å². The van der Waals surface area contributed by atoms with E-state index in [1.165, 1.54) is 12.8 Å². The van der Waals surface area contributed by atoms with Crippen molar-refractivity contribution in [2.75, 3.05) is 40.5 Å². The summed E-state index contributed by atoms with van der Waals surface area (Å²) in [7, 11) is -0.903. The molecule has 7 nitrogen and oxygen atoms in total. The second-order valence-corrected chi connectivity index (χ2v) is 11.9. The number of carbonyl (C=O) groups is 1. The van der Waals surface area contributed by atoms with Crippen molar-refractivity contribution in [1.29, 1.82) is 0 Å². The van der Waals surface area contributed by atoms with Gasteiger partial charge in [-0.2, -0.15) is 0 Å². The maximum atomic E-state index is 12.0. The minimum atomic E-state index is -2.95. The highest BCUT2D eigenvalue weighted by Crippen LogP contribution is 2.38. The number of nitrogen functional groups attached to an aromatic ring is 1. The molecule has 2 aromatic carbocycles. The molecule has 180 valence electrons. The van der Waals surface area contributed by atoms with Gasteiger partial charge in [0.25, 0.3) is 0 Å². The number of nitrogens with one attached hydrogen (secondary N) is 1. The summed E-state index contributed by atoms with van der Waals surface area (Å²) in [6, 6.07) is 12.4. The van der Waals surface area contributed by atoms with Crippen LogP contribution >= 0.6 is 0 Å². The number of Topliss-reactive ketones (excluding diaryl/α,β-unsaturated/α-hetero) is 1. The van der Waals surface area contributed by atoms with Crippen LogP contribution in [0.2, 0.25) is 0 Å². The van der Waals surface area contributed by atoms with Gasteiger partial charge in [-0.25, -0.2) is 8.42 Å². The Kier molecular flexibility index (Phi) is 5.80. The normalized spacial score (nSPS) is 18.5. The molecule has 0 spiro atoms. The number of rotatable bonds is 5. The summed E-state index contributed by atoms with van der Waals surface area (Å²) in [5.74, 6) is 0.372. The van der Waals surface area contributed by atoms with Crippen molar-refractivity contribution in [3.63, 3.8) is 0 Å². The molecule has 1 saturated heterocycles. The third-order valence-corrected chi connectivity index (χ3v) is 8.88. The Morgan fingerprint density at radius 3 is 2.41 bits per heavy atom. The molecule has 8 heteroatoms. The van der Waals surface area contributed by atoms with E-state index in [1.807, 2.05) is 19.2 Å². The molecule has 0 radical (unpaired) electrons. The quantitative estimate of drug-likeness (QED) is 0.419. The van der Waals surface area contributed by atoms with Gasteiger partial charge in [0.2, 0.25) is 0 Å². The van der Waals surface area contributed by atoms with Gasteiger partial charge < -0.3 is 20.5 Å². The van der Waals surface area contributed by atoms with Crippen LogP contribution in [0.3, 0.4) is 0 Å². The average molecular weight is 481 g/mol. The maximum Gasteiger partial charge on any atom is 0.159 e. The second kappa shape index (κ2) is 8.65. The summed E-state index contributed by atoms with van der Waals surface area (Å²) >= 11 is 0. The Bertz CT molecular complexity index is 1360. The van der Waals surface area contributed by atoms with E-state index in [9.17, 15) is 13.2 Å². The zero-order valence-corrected chi connectivity index (χ0v) is 20.6. The van der Waals surface area contributed by atoms with E-state index < -0.39 is 9.84 Å². The maximum absolute atomic E-state index is 12.0. The van der Waals surface area contributed by atoms with E-state index in [1.54, 1.807) is 13.0 Å². The summed E-state index contributed by atoms with van der Waals surface area (Å²) in [5.41, 5.74) is 12.6. The van der Waals surface area contributed by atoms with Gasteiger partial charge in [-0.3, -0.25) is 4.79 Å². The first kappa shape index (κ1) is 22.8. The lowest BCUT2D eigenvalue weighted by molar-refractivity contribution is 0.101. The lowest BCUT2D eigenvalue weighted by atomic mass is 10.0. The van der Waals surface area contributed by atoms with Gasteiger partial charge in [0.15, 0.2) is 15.6 Å². The molecule has 0 bridgehead atoms. The number of aryl methyl sites for hydroxylation is 1. The summed E-state index contributed by atoms with van der Waals surface area (Å²) in [6.07, 6.45) is 4.79. The average Bonchev–Trinajstić information content (AvgIpc) is 3.41. The Balaban J connectivity index is 1.61. The first-order chi connectivity index (χ1) is 16.2. The lowest BCUT2D eigenvalue weighted by Crippen LogP contribution is -2.40. The fraction of sp³-hybridized carbons (Fsp3) is 0.423. The van der Waals surface area contributed by atoms with Crippen molar-refractivity contribution in [2.45, 2.75) is 38.6 Å². The van der Waals surface area contributed by atoms with E-state index in [4.69, 9.17) is 5.73 Å². The van der Waals surface area contributed by atoms with E-state index in [0.717, 1.165) is 46.4 Å². The number of nitrogens with zero attached hydrogens (tertiary/aromatic N) is 2. The van der Waals surface area contributed by atoms with E-state index >= 15 is 0 Å². The number of hydrogen-bond acceptors (Lipinski definition) is 6. The minimum absolute atomic E-state index is 0.00784. The number of carbonyl (C=O) groups excluding carboxylic acids is 1. The Morgan fingerprint density at radius 1 is 1.06 bits per heavy atom. The summed E-state index contributed by atoms with van der Waals surface area (Å²) in [4.78, 5) is 13.9. The van der Waals surface area contributed by atoms with Gasteiger partial charge in [0.1, 0.15) is 0 Å². The molecule has 1 saturated carbocycles. The monoisotopic (exact) mass is 480 g/mol. The molecule has 0 atom stereocenters. The molecule has 34 heavy (non-hydrogen) atoms. The van der Waals surface area contributed by atoms with Crippen LogP contribution in [0.4, 0.5) is 17.1 Å². The number of ketones is 1. The third-order valence-electron chi connectivity index (χ3n) is 7.27. The van der Waals surface area contributed by atoms with Gasteiger partial charge in [-0.1, -0.05) is 25.0 Å². The van der Waals surface area contributed by atoms with E-state index in [2.05, 4.69) is 33.0 Å². The Labute approximate surface area is 200 Å². The summed E-state index contributed by atoms with van der Waals surface area (Å²) in [5, 5.41) is 4.86. The van der Waals surface area contributed by atoms with Crippen molar-refractivity contribution in [3.8, 4) is 11.3 Å². The molecule has 0 amide bonds. The third kappa shape index (κ3) is 4.27. The van der Waals surface area contributed by atoms with Crippen molar-refractivity contribution < 1.29 is 13.2 Å². The van der Waals surface area contributed by atoms with Gasteiger partial charge in [-0.15, -0.1) is 0 Å². The molecule has 1 aliphatic heterocycles. The predicted molar refractivity (Wildman–Crippen MR) is 140 cm³/mol. The van der Waals surface area contributed by atoms with E-state index in [-0.39, 0.29) is 17.3 Å². The van der Waals surface area contributed by atoms with Crippen molar-refractivity contribution in [2.24, 2.45) is 7.05 Å². The van der Waals surface area contributed by atoms with Gasteiger partial charge in [0.05, 0.1) is 28.4 Å².